The molecule has 0 aliphatic carbocycles. The van der Waals surface area contributed by atoms with Crippen LogP contribution in [0.2, 0.25) is 0 Å². The van der Waals surface area contributed by atoms with Crippen molar-refractivity contribution in [2.75, 3.05) is 6.61 Å². The van der Waals surface area contributed by atoms with E-state index in [0.29, 0.717) is 6.54 Å². The number of benzene rings is 2. The van der Waals surface area contributed by atoms with E-state index in [0.717, 1.165) is 27.9 Å². The van der Waals surface area contributed by atoms with E-state index in [4.69, 9.17) is 4.74 Å². The number of imidazole rings is 1. The molecule has 3 aromatic rings. The van der Waals surface area contributed by atoms with E-state index >= 15 is 0 Å². The van der Waals surface area contributed by atoms with E-state index in [2.05, 4.69) is 50.0 Å². The number of rotatable bonds is 5. The molecule has 0 saturated heterocycles. The summed E-state index contributed by atoms with van der Waals surface area (Å²) in [5.41, 5.74) is 7.88. The average molecular weight is 338 g/mol. The minimum absolute atomic E-state index is 0.259. The van der Waals surface area contributed by atoms with Crippen LogP contribution in [0.5, 0.6) is 5.75 Å². The van der Waals surface area contributed by atoms with Crippen LogP contribution in [0, 0.1) is 34.6 Å². The number of hydrogen-bond donors (Lipinski definition) is 1. The first-order chi connectivity index (χ1) is 11.8. The monoisotopic (exact) mass is 338 g/mol. The molecule has 25 heavy (non-hydrogen) atoms. The zero-order valence-electron chi connectivity index (χ0n) is 15.6. The number of ether oxygens (including phenoxy) is 1. The van der Waals surface area contributed by atoms with Crippen molar-refractivity contribution in [2.45, 2.75) is 47.3 Å². The molecule has 0 spiro atoms. The van der Waals surface area contributed by atoms with E-state index in [1.807, 2.05) is 18.4 Å². The molecule has 0 unspecified atom stereocenters. The minimum atomic E-state index is -0.598. The number of aliphatic hydroxyl groups excluding tert-OH is 1. The van der Waals surface area contributed by atoms with E-state index in [9.17, 15) is 5.11 Å². The van der Waals surface area contributed by atoms with Gasteiger partial charge < -0.3 is 14.4 Å². The lowest BCUT2D eigenvalue weighted by Crippen LogP contribution is -2.23. The van der Waals surface area contributed by atoms with E-state index in [1.165, 1.54) is 16.7 Å². The van der Waals surface area contributed by atoms with Crippen LogP contribution < -0.4 is 4.74 Å². The maximum Gasteiger partial charge on any atom is 0.125 e. The van der Waals surface area contributed by atoms with Gasteiger partial charge in [-0.15, -0.1) is 0 Å². The van der Waals surface area contributed by atoms with Gasteiger partial charge in [0.1, 0.15) is 18.5 Å². The van der Waals surface area contributed by atoms with Gasteiger partial charge in [-0.2, -0.15) is 0 Å². The number of aryl methyl sites for hydroxylation is 5. The standard InChI is InChI=1S/C21H26N2O2/c1-13-6-16(4)21(17(5)7-13)25-11-18(24)10-23-12-22-19-8-14(2)15(3)9-20(19)23/h6-9,12,18,24H,10-11H2,1-5H3/t18-/m1/s1. The van der Waals surface area contributed by atoms with Gasteiger partial charge in [0.2, 0.25) is 0 Å². The largest absolute Gasteiger partial charge is 0.490 e. The fourth-order valence-corrected chi connectivity index (χ4v) is 3.31. The Morgan fingerprint density at radius 2 is 1.60 bits per heavy atom. The highest BCUT2D eigenvalue weighted by Gasteiger charge is 2.12. The number of nitrogens with zero attached hydrogens (tertiary/aromatic N) is 2. The molecule has 0 saturated carbocycles. The van der Waals surface area contributed by atoms with Crippen LogP contribution in [-0.2, 0) is 6.54 Å². The van der Waals surface area contributed by atoms with Crippen molar-refractivity contribution in [3.05, 3.63) is 58.4 Å². The molecule has 4 nitrogen and oxygen atoms in total. The van der Waals surface area contributed by atoms with Crippen molar-refractivity contribution in [2.24, 2.45) is 0 Å². The molecule has 1 atom stereocenters. The van der Waals surface area contributed by atoms with Gasteiger partial charge in [-0.1, -0.05) is 17.7 Å². The molecule has 3 rings (SSSR count). The lowest BCUT2D eigenvalue weighted by Gasteiger charge is -2.17. The quantitative estimate of drug-likeness (QED) is 0.764. The highest BCUT2D eigenvalue weighted by molar-refractivity contribution is 5.77. The summed E-state index contributed by atoms with van der Waals surface area (Å²) in [6, 6.07) is 8.41. The Hall–Kier alpha value is -2.33. The molecule has 0 aliphatic rings. The smallest absolute Gasteiger partial charge is 0.125 e. The number of fused-ring (bicyclic) bond motifs is 1. The Balaban J connectivity index is 1.71. The Morgan fingerprint density at radius 3 is 2.28 bits per heavy atom. The molecule has 0 aliphatic heterocycles. The first-order valence-corrected chi connectivity index (χ1v) is 8.66. The van der Waals surface area contributed by atoms with Crippen LogP contribution in [-0.4, -0.2) is 27.4 Å². The van der Waals surface area contributed by atoms with Gasteiger partial charge in [-0.3, -0.25) is 0 Å². The SMILES string of the molecule is Cc1cc(C)c(OC[C@H](O)Cn2cnc3cc(C)c(C)cc32)c(C)c1. The van der Waals surface area contributed by atoms with Gasteiger partial charge in [-0.05, 0) is 69.0 Å². The van der Waals surface area contributed by atoms with Gasteiger partial charge in [-0.25, -0.2) is 4.98 Å². The molecular formula is C21H26N2O2. The molecule has 1 heterocycles. The van der Waals surface area contributed by atoms with Gasteiger partial charge in [0, 0.05) is 0 Å². The van der Waals surface area contributed by atoms with Gasteiger partial charge in [0.25, 0.3) is 0 Å². The first-order valence-electron chi connectivity index (χ1n) is 8.66. The second-order valence-corrected chi connectivity index (χ2v) is 7.01. The normalized spacial score (nSPS) is 12.6. The molecular weight excluding hydrogens is 312 g/mol. The molecule has 1 N–H and O–H groups in total. The highest BCUT2D eigenvalue weighted by Crippen LogP contribution is 2.25. The maximum atomic E-state index is 10.4. The van der Waals surface area contributed by atoms with E-state index < -0.39 is 6.10 Å². The third-order valence-electron chi connectivity index (χ3n) is 4.67. The molecule has 1 aromatic heterocycles. The predicted molar refractivity (Wildman–Crippen MR) is 101 cm³/mol. The van der Waals surface area contributed by atoms with Crippen LogP contribution in [0.4, 0.5) is 0 Å². The molecule has 132 valence electrons. The molecule has 4 heteroatoms. The van der Waals surface area contributed by atoms with Crippen molar-refractivity contribution in [3.63, 3.8) is 0 Å². The topological polar surface area (TPSA) is 47.3 Å². The molecule has 0 radical (unpaired) electrons. The van der Waals surface area contributed by atoms with Crippen molar-refractivity contribution in [1.29, 1.82) is 0 Å². The molecule has 0 amide bonds. The molecule has 0 bridgehead atoms. The zero-order valence-corrected chi connectivity index (χ0v) is 15.6. The summed E-state index contributed by atoms with van der Waals surface area (Å²) in [5, 5.41) is 10.4. The molecule has 0 fully saturated rings. The Kier molecular flexibility index (Phi) is 4.82. The van der Waals surface area contributed by atoms with Crippen LogP contribution in [0.15, 0.2) is 30.6 Å². The third-order valence-corrected chi connectivity index (χ3v) is 4.67. The predicted octanol–water partition coefficient (Wildman–Crippen LogP) is 4.02. The second-order valence-electron chi connectivity index (χ2n) is 7.01. The van der Waals surface area contributed by atoms with Crippen LogP contribution in [0.3, 0.4) is 0 Å². The van der Waals surface area contributed by atoms with Gasteiger partial charge in [0.05, 0.1) is 23.9 Å². The average Bonchev–Trinajstić information content (AvgIpc) is 2.88. The summed E-state index contributed by atoms with van der Waals surface area (Å²) < 4.78 is 7.90. The third kappa shape index (κ3) is 3.69. The van der Waals surface area contributed by atoms with Crippen molar-refractivity contribution in [3.8, 4) is 5.75 Å². The van der Waals surface area contributed by atoms with Gasteiger partial charge >= 0.3 is 0 Å². The van der Waals surface area contributed by atoms with Crippen molar-refractivity contribution >= 4 is 11.0 Å². The van der Waals surface area contributed by atoms with Crippen LogP contribution in [0.1, 0.15) is 27.8 Å². The summed E-state index contributed by atoms with van der Waals surface area (Å²) in [6.45, 7) is 11.1. The van der Waals surface area contributed by atoms with Crippen molar-refractivity contribution in [1.82, 2.24) is 9.55 Å². The number of aliphatic hydroxyl groups is 1. The zero-order chi connectivity index (χ0) is 18.1. The summed E-state index contributed by atoms with van der Waals surface area (Å²) in [5.74, 6) is 0.867. The Morgan fingerprint density at radius 1 is 0.960 bits per heavy atom. The lowest BCUT2D eigenvalue weighted by molar-refractivity contribution is 0.0927. The fraction of sp³-hybridized carbons (Fsp3) is 0.381. The van der Waals surface area contributed by atoms with Crippen LogP contribution >= 0.6 is 0 Å². The maximum absolute atomic E-state index is 10.4. The molecule has 2 aromatic carbocycles. The summed E-state index contributed by atoms with van der Waals surface area (Å²) in [6.07, 6.45) is 1.19. The van der Waals surface area contributed by atoms with Gasteiger partial charge in [0.15, 0.2) is 0 Å². The number of hydrogen-bond acceptors (Lipinski definition) is 3. The minimum Gasteiger partial charge on any atom is -0.490 e. The van der Waals surface area contributed by atoms with E-state index in [1.54, 1.807) is 6.33 Å². The second kappa shape index (κ2) is 6.89. The summed E-state index contributed by atoms with van der Waals surface area (Å²) in [4.78, 5) is 4.44. The number of aromatic nitrogens is 2. The Labute approximate surface area is 149 Å². The summed E-state index contributed by atoms with van der Waals surface area (Å²) in [7, 11) is 0. The van der Waals surface area contributed by atoms with Crippen molar-refractivity contribution < 1.29 is 9.84 Å². The lowest BCUT2D eigenvalue weighted by atomic mass is 10.1. The first kappa shape index (κ1) is 17.5. The fourth-order valence-electron chi connectivity index (χ4n) is 3.31. The van der Waals surface area contributed by atoms with E-state index in [-0.39, 0.29) is 6.61 Å². The van der Waals surface area contributed by atoms with Crippen LogP contribution in [0.25, 0.3) is 11.0 Å². The Bertz CT molecular complexity index is 889. The summed E-state index contributed by atoms with van der Waals surface area (Å²) >= 11 is 0. The highest BCUT2D eigenvalue weighted by atomic mass is 16.5.